The van der Waals surface area contributed by atoms with Gasteiger partial charge in [0, 0.05) is 24.5 Å². The molecule has 0 aliphatic heterocycles. The lowest BCUT2D eigenvalue weighted by molar-refractivity contribution is 0.182. The van der Waals surface area contributed by atoms with E-state index in [1.165, 1.54) is 0 Å². The molecule has 4 N–H and O–H groups in total. The van der Waals surface area contributed by atoms with Gasteiger partial charge in [-0.15, -0.1) is 0 Å². The van der Waals surface area contributed by atoms with Crippen molar-refractivity contribution >= 4 is 21.4 Å². The Balaban J connectivity index is 2.63. The number of nitrogens with two attached hydrogens (primary N) is 1. The van der Waals surface area contributed by atoms with E-state index in [1.54, 1.807) is 26.2 Å². The van der Waals surface area contributed by atoms with Gasteiger partial charge in [0.1, 0.15) is 0 Å². The number of ether oxygens (including phenoxy) is 1. The number of nitrogens with one attached hydrogen (secondary N) is 2. The van der Waals surface area contributed by atoms with Gasteiger partial charge in [0.05, 0.1) is 12.4 Å². The van der Waals surface area contributed by atoms with E-state index in [0.717, 1.165) is 18.5 Å². The Bertz CT molecular complexity index is 503. The highest BCUT2D eigenvalue weighted by Crippen LogP contribution is 2.16. The van der Waals surface area contributed by atoms with Crippen molar-refractivity contribution in [3.8, 4) is 0 Å². The van der Waals surface area contributed by atoms with Crippen molar-refractivity contribution in [1.82, 2.24) is 0 Å². The smallest absolute Gasteiger partial charge is 0.232 e. The van der Waals surface area contributed by atoms with Gasteiger partial charge < -0.3 is 15.8 Å². The van der Waals surface area contributed by atoms with E-state index in [9.17, 15) is 8.42 Å². The quantitative estimate of drug-likeness (QED) is 0.610. The van der Waals surface area contributed by atoms with E-state index in [2.05, 4.69) is 10.0 Å². The summed E-state index contributed by atoms with van der Waals surface area (Å²) in [5, 5.41) is 3.36. The monoisotopic (exact) mass is 315 g/mol. The van der Waals surface area contributed by atoms with Gasteiger partial charge in [-0.05, 0) is 50.6 Å². The molecule has 0 amide bonds. The minimum absolute atomic E-state index is 0.0575. The average molecular weight is 315 g/mol. The topological polar surface area (TPSA) is 93.5 Å². The minimum atomic E-state index is -3.23. The Morgan fingerprint density at radius 3 is 2.38 bits per heavy atom. The molecule has 0 radical (unpaired) electrons. The van der Waals surface area contributed by atoms with Crippen LogP contribution in [0.4, 0.5) is 11.4 Å². The second kappa shape index (κ2) is 8.86. The van der Waals surface area contributed by atoms with E-state index >= 15 is 0 Å². The second-order valence-electron chi connectivity index (χ2n) is 4.81. The highest BCUT2D eigenvalue weighted by molar-refractivity contribution is 7.92. The van der Waals surface area contributed by atoms with Crippen molar-refractivity contribution in [2.24, 2.45) is 5.73 Å². The van der Waals surface area contributed by atoms with Gasteiger partial charge in [0.25, 0.3) is 0 Å². The minimum Gasteiger partial charge on any atom is -0.383 e. The average Bonchev–Trinajstić information content (AvgIpc) is 2.47. The summed E-state index contributed by atoms with van der Waals surface area (Å²) in [5.41, 5.74) is 7.01. The third kappa shape index (κ3) is 6.79. The fourth-order valence-electron chi connectivity index (χ4n) is 1.88. The molecule has 0 spiro atoms. The number of rotatable bonds is 10. The summed E-state index contributed by atoms with van der Waals surface area (Å²) in [5.74, 6) is 0.0575. The Morgan fingerprint density at radius 1 is 1.24 bits per heavy atom. The number of hydrogen-bond donors (Lipinski definition) is 3. The third-order valence-electron chi connectivity index (χ3n) is 3.03. The number of hydrogen-bond acceptors (Lipinski definition) is 5. The summed E-state index contributed by atoms with van der Waals surface area (Å²) in [6.45, 7) is 2.86. The summed E-state index contributed by atoms with van der Waals surface area (Å²) in [6.07, 6.45) is 1.85. The Kier molecular flexibility index (Phi) is 7.49. The first kappa shape index (κ1) is 17.7. The summed E-state index contributed by atoms with van der Waals surface area (Å²) >= 11 is 0. The van der Waals surface area contributed by atoms with E-state index in [0.29, 0.717) is 18.8 Å². The van der Waals surface area contributed by atoms with Crippen LogP contribution in [0.1, 0.15) is 19.8 Å². The summed E-state index contributed by atoms with van der Waals surface area (Å²) in [4.78, 5) is 0. The largest absolute Gasteiger partial charge is 0.383 e. The number of anilines is 2. The number of methoxy groups -OCH3 is 1. The third-order valence-corrected chi connectivity index (χ3v) is 4.34. The molecule has 0 aliphatic rings. The Morgan fingerprint density at radius 2 is 1.86 bits per heavy atom. The molecule has 21 heavy (non-hydrogen) atoms. The van der Waals surface area contributed by atoms with Gasteiger partial charge in [0.15, 0.2) is 0 Å². The zero-order valence-electron chi connectivity index (χ0n) is 12.6. The lowest BCUT2D eigenvalue weighted by Crippen LogP contribution is -2.25. The normalized spacial score (nSPS) is 12.9. The molecule has 0 fully saturated rings. The van der Waals surface area contributed by atoms with Gasteiger partial charge in [-0.25, -0.2) is 8.42 Å². The number of sulfonamides is 1. The van der Waals surface area contributed by atoms with Gasteiger partial charge in [-0.2, -0.15) is 0 Å². The molecular formula is C14H25N3O3S. The molecule has 120 valence electrons. The predicted octanol–water partition coefficient (Wildman–Crippen LogP) is 1.61. The molecule has 1 rings (SSSR count). The van der Waals surface area contributed by atoms with Crippen LogP contribution >= 0.6 is 0 Å². The van der Waals surface area contributed by atoms with Crippen LogP contribution < -0.4 is 15.8 Å². The molecule has 0 aromatic heterocycles. The van der Waals surface area contributed by atoms with Crippen LogP contribution in [-0.4, -0.2) is 40.5 Å². The predicted molar refractivity (Wildman–Crippen MR) is 87.1 cm³/mol. The van der Waals surface area contributed by atoms with E-state index < -0.39 is 10.0 Å². The lowest BCUT2D eigenvalue weighted by Gasteiger charge is -2.19. The molecule has 0 aliphatic carbocycles. The summed E-state index contributed by atoms with van der Waals surface area (Å²) in [7, 11) is -1.57. The van der Waals surface area contributed by atoms with Gasteiger partial charge in [0.2, 0.25) is 10.0 Å². The van der Waals surface area contributed by atoms with Crippen molar-refractivity contribution in [1.29, 1.82) is 0 Å². The Labute approximate surface area is 127 Å². The molecule has 6 nitrogen and oxygen atoms in total. The number of benzene rings is 1. The highest BCUT2D eigenvalue weighted by Gasteiger charge is 2.09. The van der Waals surface area contributed by atoms with Crippen LogP contribution in [0.25, 0.3) is 0 Å². The molecule has 0 bridgehead atoms. The molecule has 1 atom stereocenters. The zero-order chi connectivity index (χ0) is 15.7. The maximum atomic E-state index is 11.5. The van der Waals surface area contributed by atoms with Crippen LogP contribution in [0.2, 0.25) is 0 Å². The molecule has 0 saturated carbocycles. The first-order valence-corrected chi connectivity index (χ1v) is 8.72. The molecule has 0 heterocycles. The van der Waals surface area contributed by atoms with Gasteiger partial charge in [-0.3, -0.25) is 4.72 Å². The van der Waals surface area contributed by atoms with Crippen molar-refractivity contribution in [2.45, 2.75) is 25.8 Å². The molecule has 1 unspecified atom stereocenters. The Hall–Kier alpha value is -1.31. The van der Waals surface area contributed by atoms with Crippen LogP contribution in [0.5, 0.6) is 0 Å². The van der Waals surface area contributed by atoms with Crippen molar-refractivity contribution in [3.05, 3.63) is 24.3 Å². The van der Waals surface area contributed by atoms with Crippen LogP contribution in [0.15, 0.2) is 24.3 Å². The van der Waals surface area contributed by atoms with E-state index in [-0.39, 0.29) is 11.8 Å². The zero-order valence-corrected chi connectivity index (χ0v) is 13.4. The van der Waals surface area contributed by atoms with Crippen molar-refractivity contribution in [2.75, 3.05) is 36.1 Å². The second-order valence-corrected chi connectivity index (χ2v) is 6.82. The molecule has 1 aromatic carbocycles. The van der Waals surface area contributed by atoms with Crippen LogP contribution in [0.3, 0.4) is 0 Å². The fraction of sp³-hybridized carbons (Fsp3) is 0.571. The first-order chi connectivity index (χ1) is 10.0. The maximum absolute atomic E-state index is 11.5. The van der Waals surface area contributed by atoms with Crippen molar-refractivity contribution in [3.63, 3.8) is 0 Å². The van der Waals surface area contributed by atoms with Gasteiger partial charge >= 0.3 is 0 Å². The highest BCUT2D eigenvalue weighted by atomic mass is 32.2. The molecular weight excluding hydrogens is 290 g/mol. The fourth-order valence-corrected chi connectivity index (χ4v) is 2.52. The lowest BCUT2D eigenvalue weighted by atomic mass is 10.1. The summed E-state index contributed by atoms with van der Waals surface area (Å²) in [6, 6.07) is 7.36. The SMILES string of the molecule is CCS(=O)(=O)Nc1ccc(NC(CCCN)COC)cc1. The van der Waals surface area contributed by atoms with Crippen molar-refractivity contribution < 1.29 is 13.2 Å². The van der Waals surface area contributed by atoms with Crippen LogP contribution in [-0.2, 0) is 14.8 Å². The standard InChI is InChI=1S/C14H25N3O3S/c1-3-21(18,19)17-13-8-6-12(7-9-13)16-14(11-20-2)5-4-10-15/h6-9,14,16-17H,3-5,10-11,15H2,1-2H3. The van der Waals surface area contributed by atoms with E-state index in [4.69, 9.17) is 10.5 Å². The summed E-state index contributed by atoms with van der Waals surface area (Å²) < 4.78 is 30.7. The maximum Gasteiger partial charge on any atom is 0.232 e. The molecule has 7 heteroatoms. The molecule has 1 aromatic rings. The van der Waals surface area contributed by atoms with E-state index in [1.807, 2.05) is 12.1 Å². The van der Waals surface area contributed by atoms with Crippen LogP contribution in [0, 0.1) is 0 Å². The van der Waals surface area contributed by atoms with Gasteiger partial charge in [-0.1, -0.05) is 0 Å². The molecule has 0 saturated heterocycles. The first-order valence-electron chi connectivity index (χ1n) is 7.06.